The third-order valence-electron chi connectivity index (χ3n) is 5.01. The number of alkyl halides is 3. The van der Waals surface area contributed by atoms with E-state index in [4.69, 9.17) is 0 Å². The van der Waals surface area contributed by atoms with E-state index in [9.17, 15) is 18.0 Å². The molecule has 0 unspecified atom stereocenters. The van der Waals surface area contributed by atoms with Crippen LogP contribution in [-0.2, 0) is 6.18 Å². The van der Waals surface area contributed by atoms with Gasteiger partial charge in [-0.2, -0.15) is 13.2 Å². The number of fused-ring (bicyclic) bond motifs is 1. The van der Waals surface area contributed by atoms with Crippen LogP contribution in [0.15, 0.2) is 73.1 Å². The van der Waals surface area contributed by atoms with Gasteiger partial charge in [-0.05, 0) is 53.4 Å². The molecule has 2 heterocycles. The third kappa shape index (κ3) is 4.45. The number of pyridine rings is 1. The second-order valence-electron chi connectivity index (χ2n) is 7.61. The first-order chi connectivity index (χ1) is 14.7. The molecular weight excluding hydrogens is 403 g/mol. The molecule has 0 spiro atoms. The van der Waals surface area contributed by atoms with E-state index in [0.29, 0.717) is 22.7 Å². The van der Waals surface area contributed by atoms with E-state index in [1.165, 1.54) is 12.1 Å². The van der Waals surface area contributed by atoms with Crippen molar-refractivity contribution < 1.29 is 18.0 Å². The number of benzene rings is 2. The number of aromatic nitrogens is 2. The summed E-state index contributed by atoms with van der Waals surface area (Å²) in [6, 6.07) is 15.3. The second-order valence-corrected chi connectivity index (χ2v) is 7.61. The summed E-state index contributed by atoms with van der Waals surface area (Å²) in [6.07, 6.45) is -0.617. The van der Waals surface area contributed by atoms with Gasteiger partial charge in [0.25, 0.3) is 5.91 Å². The lowest BCUT2D eigenvalue weighted by Crippen LogP contribution is -2.12. The van der Waals surface area contributed by atoms with E-state index in [2.05, 4.69) is 24.1 Å². The Labute approximate surface area is 177 Å². The molecule has 2 aromatic carbocycles. The zero-order valence-electron chi connectivity index (χ0n) is 16.9. The van der Waals surface area contributed by atoms with Gasteiger partial charge in [-0.15, -0.1) is 0 Å². The molecule has 0 radical (unpaired) electrons. The molecule has 0 saturated heterocycles. The van der Waals surface area contributed by atoms with Crippen LogP contribution in [0.2, 0.25) is 0 Å². The van der Waals surface area contributed by atoms with E-state index in [0.717, 1.165) is 29.0 Å². The monoisotopic (exact) mass is 423 g/mol. The Morgan fingerprint density at radius 2 is 1.52 bits per heavy atom. The van der Waals surface area contributed by atoms with Crippen LogP contribution in [-0.4, -0.2) is 15.3 Å². The van der Waals surface area contributed by atoms with E-state index in [1.807, 2.05) is 22.9 Å². The fraction of sp³-hybridized carbons (Fsp3) is 0.167. The average Bonchev–Trinajstić information content (AvgIpc) is 3.17. The molecule has 0 aliphatic heterocycles. The summed E-state index contributed by atoms with van der Waals surface area (Å²) in [5, 5.41) is 2.86. The summed E-state index contributed by atoms with van der Waals surface area (Å²) in [5.41, 5.74) is 3.55. The summed E-state index contributed by atoms with van der Waals surface area (Å²) >= 11 is 0. The number of rotatable bonds is 4. The highest BCUT2D eigenvalue weighted by molar-refractivity contribution is 6.04. The first-order valence-electron chi connectivity index (χ1n) is 9.78. The normalized spacial score (nSPS) is 11.8. The van der Waals surface area contributed by atoms with Gasteiger partial charge in [0.1, 0.15) is 5.65 Å². The molecule has 0 bridgehead atoms. The highest BCUT2D eigenvalue weighted by Gasteiger charge is 2.29. The van der Waals surface area contributed by atoms with Crippen LogP contribution in [0.5, 0.6) is 0 Å². The quantitative estimate of drug-likeness (QED) is 0.413. The van der Waals surface area contributed by atoms with Gasteiger partial charge in [-0.1, -0.05) is 38.1 Å². The number of carbonyl (C=O) groups is 1. The summed E-state index contributed by atoms with van der Waals surface area (Å²) in [6.45, 7) is 4.14. The van der Waals surface area contributed by atoms with Gasteiger partial charge in [0.15, 0.2) is 0 Å². The van der Waals surface area contributed by atoms with Crippen molar-refractivity contribution in [2.45, 2.75) is 25.9 Å². The van der Waals surface area contributed by atoms with E-state index >= 15 is 0 Å². The summed E-state index contributed by atoms with van der Waals surface area (Å²) in [5.74, 6) is 0.0311. The number of carbonyl (C=O) groups excluding carboxylic acids is 1. The predicted octanol–water partition coefficient (Wildman–Crippen LogP) is 6.40. The van der Waals surface area contributed by atoms with E-state index < -0.39 is 11.7 Å². The minimum absolute atomic E-state index is 0.275. The molecule has 158 valence electrons. The Bertz CT molecular complexity index is 1220. The standard InChI is InChI=1S/C24H20F3N3O/c1-15(2)21-14-30-13-20(11-12-22(30)29-21)28-23(31)18-5-3-16(4-6-18)17-7-9-19(10-8-17)24(25,26)27/h3-15H,1-2H3,(H,28,31). The zero-order chi connectivity index (χ0) is 22.2. The smallest absolute Gasteiger partial charge is 0.321 e. The van der Waals surface area contributed by atoms with Crippen molar-refractivity contribution >= 4 is 17.2 Å². The molecular formula is C24H20F3N3O. The van der Waals surface area contributed by atoms with Crippen molar-refractivity contribution in [3.05, 3.63) is 89.9 Å². The largest absolute Gasteiger partial charge is 0.416 e. The number of nitrogens with one attached hydrogen (secondary N) is 1. The van der Waals surface area contributed by atoms with Crippen LogP contribution in [0.4, 0.5) is 18.9 Å². The maximum atomic E-state index is 12.7. The number of nitrogens with zero attached hydrogens (tertiary/aromatic N) is 2. The minimum atomic E-state index is -4.36. The van der Waals surface area contributed by atoms with Crippen molar-refractivity contribution in [3.63, 3.8) is 0 Å². The average molecular weight is 423 g/mol. The van der Waals surface area contributed by atoms with Gasteiger partial charge < -0.3 is 9.72 Å². The van der Waals surface area contributed by atoms with E-state index in [-0.39, 0.29) is 5.91 Å². The van der Waals surface area contributed by atoms with Crippen molar-refractivity contribution in [3.8, 4) is 11.1 Å². The lowest BCUT2D eigenvalue weighted by atomic mass is 10.0. The number of imidazole rings is 1. The molecule has 0 saturated carbocycles. The maximum absolute atomic E-state index is 12.7. The molecule has 2 aromatic heterocycles. The predicted molar refractivity (Wildman–Crippen MR) is 114 cm³/mol. The number of hydrogen-bond donors (Lipinski definition) is 1. The summed E-state index contributed by atoms with van der Waals surface area (Å²) in [7, 11) is 0. The fourth-order valence-electron chi connectivity index (χ4n) is 3.23. The van der Waals surface area contributed by atoms with Gasteiger partial charge in [0.2, 0.25) is 0 Å². The van der Waals surface area contributed by atoms with Crippen LogP contribution in [0.25, 0.3) is 16.8 Å². The SMILES string of the molecule is CC(C)c1cn2cc(NC(=O)c3ccc(-c4ccc(C(F)(F)F)cc4)cc3)ccc2n1. The fourth-order valence-corrected chi connectivity index (χ4v) is 3.23. The molecule has 4 nitrogen and oxygen atoms in total. The molecule has 7 heteroatoms. The van der Waals surface area contributed by atoms with Crippen molar-refractivity contribution in [1.82, 2.24) is 9.38 Å². The summed E-state index contributed by atoms with van der Waals surface area (Å²) in [4.78, 5) is 17.1. The van der Waals surface area contributed by atoms with Gasteiger partial charge >= 0.3 is 6.18 Å². The van der Waals surface area contributed by atoms with Gasteiger partial charge in [0, 0.05) is 18.0 Å². The van der Waals surface area contributed by atoms with Crippen LogP contribution in [0.1, 0.15) is 41.4 Å². The highest BCUT2D eigenvalue weighted by atomic mass is 19.4. The number of anilines is 1. The number of amides is 1. The van der Waals surface area contributed by atoms with Gasteiger partial charge in [0.05, 0.1) is 16.9 Å². The first kappa shape index (κ1) is 20.7. The van der Waals surface area contributed by atoms with Crippen LogP contribution >= 0.6 is 0 Å². The second kappa shape index (κ2) is 7.91. The minimum Gasteiger partial charge on any atom is -0.321 e. The Balaban J connectivity index is 1.49. The molecule has 0 aliphatic rings. The lowest BCUT2D eigenvalue weighted by molar-refractivity contribution is -0.137. The number of hydrogen-bond acceptors (Lipinski definition) is 2. The molecule has 0 atom stereocenters. The highest BCUT2D eigenvalue weighted by Crippen LogP contribution is 2.31. The molecule has 0 fully saturated rings. The Hall–Kier alpha value is -3.61. The number of halogens is 3. The Morgan fingerprint density at radius 1 is 0.903 bits per heavy atom. The van der Waals surface area contributed by atoms with Crippen molar-refractivity contribution in [1.29, 1.82) is 0 Å². The lowest BCUT2D eigenvalue weighted by Gasteiger charge is -2.09. The molecule has 1 amide bonds. The molecule has 31 heavy (non-hydrogen) atoms. The molecule has 4 rings (SSSR count). The Kier molecular flexibility index (Phi) is 5.27. The van der Waals surface area contributed by atoms with E-state index in [1.54, 1.807) is 30.3 Å². The van der Waals surface area contributed by atoms with Gasteiger partial charge in [-0.25, -0.2) is 4.98 Å². The van der Waals surface area contributed by atoms with Crippen molar-refractivity contribution in [2.24, 2.45) is 0 Å². The van der Waals surface area contributed by atoms with Crippen molar-refractivity contribution in [2.75, 3.05) is 5.32 Å². The van der Waals surface area contributed by atoms with Gasteiger partial charge in [-0.3, -0.25) is 4.79 Å². The van der Waals surface area contributed by atoms with Crippen LogP contribution in [0.3, 0.4) is 0 Å². The Morgan fingerprint density at radius 3 is 2.10 bits per heavy atom. The van der Waals surface area contributed by atoms with Crippen LogP contribution in [0, 0.1) is 0 Å². The first-order valence-corrected chi connectivity index (χ1v) is 9.78. The molecule has 0 aliphatic carbocycles. The van der Waals surface area contributed by atoms with Crippen LogP contribution < -0.4 is 5.32 Å². The topological polar surface area (TPSA) is 46.4 Å². The zero-order valence-corrected chi connectivity index (χ0v) is 16.9. The molecule has 1 N–H and O–H groups in total. The third-order valence-corrected chi connectivity index (χ3v) is 5.01. The molecule has 4 aromatic rings. The maximum Gasteiger partial charge on any atom is 0.416 e. The summed E-state index contributed by atoms with van der Waals surface area (Å²) < 4.78 is 40.0.